The lowest BCUT2D eigenvalue weighted by Gasteiger charge is -2.38. The summed E-state index contributed by atoms with van der Waals surface area (Å²) in [4.78, 5) is 50.3. The molecule has 15 heteroatoms. The molecule has 1 aliphatic heterocycles. The molecule has 2 aromatic carbocycles. The molecular formula is C27H25N5O9S. The number of nitro benzene ring substituents is 1. The number of carbonyl (C=O) groups excluding carboxylic acids is 3. The van der Waals surface area contributed by atoms with Crippen molar-refractivity contribution in [1.82, 2.24) is 15.4 Å². The van der Waals surface area contributed by atoms with Gasteiger partial charge in [-0.25, -0.2) is 9.69 Å². The minimum atomic E-state index is -2.21. The molecule has 0 saturated heterocycles. The van der Waals surface area contributed by atoms with Crippen LogP contribution in [0, 0.1) is 17.0 Å². The molecule has 2 amide bonds. The normalized spacial score (nSPS) is 14.0. The van der Waals surface area contributed by atoms with Crippen molar-refractivity contribution in [1.29, 1.82) is 0 Å². The Morgan fingerprint density at radius 1 is 1.19 bits per heavy atom. The number of carbonyl (C=O) groups is 3. The maximum absolute atomic E-state index is 13.4. The van der Waals surface area contributed by atoms with Gasteiger partial charge >= 0.3 is 5.97 Å². The van der Waals surface area contributed by atoms with Crippen LogP contribution in [0.4, 0.5) is 11.5 Å². The summed E-state index contributed by atoms with van der Waals surface area (Å²) in [6.07, 6.45) is 0. The summed E-state index contributed by atoms with van der Waals surface area (Å²) in [6.45, 7) is 6.17. The van der Waals surface area contributed by atoms with Gasteiger partial charge in [0.2, 0.25) is 5.82 Å². The molecule has 1 aromatic heterocycles. The highest BCUT2D eigenvalue weighted by molar-refractivity contribution is 7.96. The summed E-state index contributed by atoms with van der Waals surface area (Å²) < 4.78 is 31.7. The molecule has 0 fully saturated rings. The monoisotopic (exact) mass is 595 g/mol. The average Bonchev–Trinajstić information content (AvgIpc) is 3.38. The van der Waals surface area contributed by atoms with Crippen LogP contribution in [0.3, 0.4) is 0 Å². The van der Waals surface area contributed by atoms with Gasteiger partial charge in [0.05, 0.1) is 4.92 Å². The van der Waals surface area contributed by atoms with Gasteiger partial charge in [0, 0.05) is 18.2 Å². The van der Waals surface area contributed by atoms with Gasteiger partial charge in [0.25, 0.3) is 22.5 Å². The predicted molar refractivity (Wildman–Crippen MR) is 148 cm³/mol. The number of amides is 2. The Labute approximate surface area is 242 Å². The number of nitrogens with one attached hydrogen (secondary N) is 2. The molecule has 2 atom stereocenters. The zero-order valence-electron chi connectivity index (χ0n) is 22.4. The highest BCUT2D eigenvalue weighted by Crippen LogP contribution is 2.34. The van der Waals surface area contributed by atoms with Crippen molar-refractivity contribution in [2.24, 2.45) is 0 Å². The van der Waals surface area contributed by atoms with Crippen LogP contribution in [0.25, 0.3) is 0 Å². The number of esters is 1. The summed E-state index contributed by atoms with van der Waals surface area (Å²) in [5, 5.41) is 16.8. The van der Waals surface area contributed by atoms with E-state index in [1.54, 1.807) is 37.3 Å². The zero-order chi connectivity index (χ0) is 30.4. The minimum Gasteiger partial charge on any atom is -0.587 e. The van der Waals surface area contributed by atoms with Crippen molar-refractivity contribution >= 4 is 40.7 Å². The number of rotatable bonds is 13. The lowest BCUT2D eigenvalue weighted by Crippen LogP contribution is -2.58. The van der Waals surface area contributed by atoms with Gasteiger partial charge in [-0.3, -0.25) is 19.7 Å². The highest BCUT2D eigenvalue weighted by atomic mass is 32.2. The summed E-state index contributed by atoms with van der Waals surface area (Å²) >= 11 is -2.21. The number of ether oxygens (including phenoxy) is 2. The fourth-order valence-electron chi connectivity index (χ4n) is 3.77. The molecule has 0 spiro atoms. The molecule has 3 aromatic rings. The molecule has 2 heterocycles. The van der Waals surface area contributed by atoms with E-state index in [-0.39, 0.29) is 34.4 Å². The van der Waals surface area contributed by atoms with Crippen LogP contribution in [0.1, 0.15) is 18.2 Å². The molecule has 14 nitrogen and oxygen atoms in total. The Morgan fingerprint density at radius 3 is 2.48 bits per heavy atom. The summed E-state index contributed by atoms with van der Waals surface area (Å²) in [7, 11) is 0. The second-order valence-electron chi connectivity index (χ2n) is 8.98. The lowest BCUT2D eigenvalue weighted by atomic mass is 10.1. The van der Waals surface area contributed by atoms with Crippen LogP contribution in [0.15, 0.2) is 88.1 Å². The van der Waals surface area contributed by atoms with Crippen molar-refractivity contribution in [2.75, 3.05) is 11.3 Å². The molecule has 218 valence electrons. The van der Waals surface area contributed by atoms with Crippen molar-refractivity contribution < 1.29 is 37.9 Å². The Balaban J connectivity index is 1.54. The van der Waals surface area contributed by atoms with Gasteiger partial charge in [-0.15, -0.1) is 0 Å². The van der Waals surface area contributed by atoms with E-state index in [2.05, 4.69) is 21.8 Å². The van der Waals surface area contributed by atoms with Gasteiger partial charge in [0.1, 0.15) is 29.5 Å². The second kappa shape index (κ2) is 13.0. The van der Waals surface area contributed by atoms with Crippen LogP contribution >= 0.6 is 0 Å². The van der Waals surface area contributed by atoms with E-state index in [9.17, 15) is 29.1 Å². The van der Waals surface area contributed by atoms with E-state index in [4.69, 9.17) is 14.0 Å². The standard InChI is InChI=1S/C27H25N5O9S/c1-16(2)24(27(35)40-14-18-9-11-19(12-10-18)32(36)37)31-25(34)23(26(31)42(38)30-21-13-17(3)41-29-21)28-22(33)15-39-20-7-5-4-6-8-20/h4-13,24H,1,14-15H2,2-3H3,(H,28,33)(H,29,30). The Kier molecular flexibility index (Phi) is 9.24. The van der Waals surface area contributed by atoms with Crippen LogP contribution < -0.4 is 14.8 Å². The molecule has 2 N–H and O–H groups in total. The Morgan fingerprint density at radius 2 is 1.88 bits per heavy atom. The molecule has 2 unspecified atom stereocenters. The van der Waals surface area contributed by atoms with Crippen molar-refractivity contribution in [2.45, 2.75) is 26.5 Å². The van der Waals surface area contributed by atoms with Crippen molar-refractivity contribution in [3.05, 3.63) is 105 Å². The van der Waals surface area contributed by atoms with E-state index in [1.807, 2.05) is 0 Å². The second-order valence-corrected chi connectivity index (χ2v) is 10.1. The van der Waals surface area contributed by atoms with E-state index in [1.165, 1.54) is 37.3 Å². The molecule has 0 bridgehead atoms. The largest absolute Gasteiger partial charge is 0.587 e. The van der Waals surface area contributed by atoms with Gasteiger partial charge in [-0.2, -0.15) is 4.72 Å². The first-order chi connectivity index (χ1) is 20.0. The number of aromatic nitrogens is 1. The Hall–Kier alpha value is -5.15. The van der Waals surface area contributed by atoms with Crippen LogP contribution in [0.2, 0.25) is 0 Å². The predicted octanol–water partition coefficient (Wildman–Crippen LogP) is 2.86. The summed E-state index contributed by atoms with van der Waals surface area (Å²) in [6, 6.07) is 13.9. The number of nitro groups is 1. The molecule has 1 aliphatic rings. The first kappa shape index (κ1) is 29.8. The average molecular weight is 596 g/mol. The third-order valence-electron chi connectivity index (χ3n) is 5.72. The van der Waals surface area contributed by atoms with E-state index in [0.29, 0.717) is 17.1 Å². The molecular weight excluding hydrogens is 570 g/mol. The van der Waals surface area contributed by atoms with Crippen LogP contribution in [0.5, 0.6) is 5.75 Å². The van der Waals surface area contributed by atoms with Crippen LogP contribution in [-0.4, -0.2) is 50.0 Å². The summed E-state index contributed by atoms with van der Waals surface area (Å²) in [5.41, 5.74) is 0.184. The van der Waals surface area contributed by atoms with Crippen molar-refractivity contribution in [3.8, 4) is 5.75 Å². The van der Waals surface area contributed by atoms with E-state index in [0.717, 1.165) is 4.90 Å². The minimum absolute atomic E-state index is 0.0864. The molecule has 4 rings (SSSR count). The quantitative estimate of drug-likeness (QED) is 0.0971. The van der Waals surface area contributed by atoms with Gasteiger partial charge < -0.3 is 23.9 Å². The SMILES string of the molecule is C=C(C)C(C(=O)OCc1ccc([N+](=O)[O-])cc1)N1C(=O)C(NC(=O)COc2ccccc2)=C1[S+]([O-])Nc1cc(C)on1. The molecule has 0 aliphatic carbocycles. The number of benzene rings is 2. The molecule has 42 heavy (non-hydrogen) atoms. The topological polar surface area (TPSA) is 189 Å². The number of hydrogen-bond donors (Lipinski definition) is 2. The first-order valence-corrected chi connectivity index (χ1v) is 13.4. The summed E-state index contributed by atoms with van der Waals surface area (Å²) in [5.74, 6) is -1.49. The maximum atomic E-state index is 13.4. The fourth-order valence-corrected chi connectivity index (χ4v) is 4.84. The van der Waals surface area contributed by atoms with Gasteiger partial charge in [0.15, 0.2) is 18.3 Å². The smallest absolute Gasteiger partial charge is 0.334 e. The third kappa shape index (κ3) is 6.94. The number of nitrogens with zero attached hydrogens (tertiary/aromatic N) is 3. The van der Waals surface area contributed by atoms with Crippen molar-refractivity contribution in [3.63, 3.8) is 0 Å². The van der Waals surface area contributed by atoms with E-state index < -0.39 is 46.7 Å². The van der Waals surface area contributed by atoms with Gasteiger partial charge in [-0.1, -0.05) is 29.9 Å². The number of anilines is 1. The lowest BCUT2D eigenvalue weighted by molar-refractivity contribution is -0.384. The van der Waals surface area contributed by atoms with E-state index >= 15 is 0 Å². The third-order valence-corrected chi connectivity index (χ3v) is 6.87. The number of para-hydroxylation sites is 1. The number of hydrogen-bond acceptors (Lipinski definition) is 11. The highest BCUT2D eigenvalue weighted by Gasteiger charge is 2.52. The number of aryl methyl sites for hydroxylation is 1. The molecule has 0 saturated carbocycles. The zero-order valence-corrected chi connectivity index (χ0v) is 23.2. The molecule has 0 radical (unpaired) electrons. The first-order valence-electron chi connectivity index (χ1n) is 12.3. The van der Waals surface area contributed by atoms with Crippen LogP contribution in [-0.2, 0) is 37.1 Å². The Bertz CT molecular complexity index is 1540. The maximum Gasteiger partial charge on any atom is 0.334 e. The number of non-ortho nitro benzene ring substituents is 1. The fraction of sp³-hybridized carbons (Fsp3) is 0.185. The van der Waals surface area contributed by atoms with Gasteiger partial charge in [-0.05, 0) is 49.2 Å².